The molecule has 88 valence electrons. The summed E-state index contributed by atoms with van der Waals surface area (Å²) in [6.07, 6.45) is -1.16. The van der Waals surface area contributed by atoms with E-state index >= 15 is 0 Å². The smallest absolute Gasteiger partial charge is 0.393 e. The molecule has 0 spiro atoms. The molecule has 1 aliphatic rings. The lowest BCUT2D eigenvalue weighted by Gasteiger charge is -2.14. The van der Waals surface area contributed by atoms with Crippen LogP contribution in [0.3, 0.4) is 0 Å². The molecule has 1 aliphatic heterocycles. The Bertz CT molecular complexity index is 400. The zero-order valence-corrected chi connectivity index (χ0v) is 9.30. The van der Waals surface area contributed by atoms with Gasteiger partial charge in [0.05, 0.1) is 23.2 Å². The van der Waals surface area contributed by atoms with Crippen LogP contribution in [0.15, 0.2) is 9.98 Å². The fraction of sp³-hybridized carbons (Fsp3) is 0.667. The van der Waals surface area contributed by atoms with Crippen molar-refractivity contribution in [3.63, 3.8) is 0 Å². The van der Waals surface area contributed by atoms with Gasteiger partial charge in [0.1, 0.15) is 5.71 Å². The highest BCUT2D eigenvalue weighted by molar-refractivity contribution is 6.67. The molecule has 16 heavy (non-hydrogen) atoms. The SMILES string of the molecule is CC(=O)C1=NC(CC(C)O)([N+](=O)[O-])N=C1C. The minimum absolute atomic E-state index is 0.0114. The maximum Gasteiger partial charge on any atom is 0.415 e. The number of hydrogen-bond acceptors (Lipinski definition) is 6. The Morgan fingerprint density at radius 3 is 2.50 bits per heavy atom. The summed E-state index contributed by atoms with van der Waals surface area (Å²) in [5.41, 5.74) is 0.252. The van der Waals surface area contributed by atoms with E-state index in [1.54, 1.807) is 0 Å². The van der Waals surface area contributed by atoms with Gasteiger partial charge < -0.3 is 5.11 Å². The molecular formula is C9H13N3O4. The van der Waals surface area contributed by atoms with Crippen LogP contribution in [0, 0.1) is 10.1 Å². The lowest BCUT2D eigenvalue weighted by molar-refractivity contribution is -0.568. The lowest BCUT2D eigenvalue weighted by atomic mass is 10.2. The number of aliphatic imine (C=N–C) groups is 2. The molecule has 0 saturated carbocycles. The molecule has 0 fully saturated rings. The summed E-state index contributed by atoms with van der Waals surface area (Å²) in [6, 6.07) is 0. The minimum atomic E-state index is -1.93. The van der Waals surface area contributed by atoms with E-state index in [9.17, 15) is 20.0 Å². The minimum Gasteiger partial charge on any atom is -0.393 e. The first kappa shape index (κ1) is 12.4. The van der Waals surface area contributed by atoms with Crippen LogP contribution in [-0.4, -0.2) is 39.1 Å². The number of nitro groups is 1. The van der Waals surface area contributed by atoms with Crippen LogP contribution in [0.4, 0.5) is 0 Å². The van der Waals surface area contributed by atoms with Gasteiger partial charge in [-0.05, 0) is 13.8 Å². The van der Waals surface area contributed by atoms with Crippen molar-refractivity contribution < 1.29 is 14.8 Å². The molecule has 0 aromatic rings. The van der Waals surface area contributed by atoms with Crippen molar-refractivity contribution in [2.45, 2.75) is 39.1 Å². The first-order chi connectivity index (χ1) is 7.28. The maximum atomic E-state index is 11.2. The number of carbonyl (C=O) groups excluding carboxylic acids is 1. The van der Waals surface area contributed by atoms with Gasteiger partial charge in [-0.3, -0.25) is 14.9 Å². The van der Waals surface area contributed by atoms with Gasteiger partial charge in [0.2, 0.25) is 0 Å². The molecule has 2 unspecified atom stereocenters. The summed E-state index contributed by atoms with van der Waals surface area (Å²) < 4.78 is 0. The first-order valence-corrected chi connectivity index (χ1v) is 4.78. The van der Waals surface area contributed by atoms with Gasteiger partial charge >= 0.3 is 5.79 Å². The van der Waals surface area contributed by atoms with Crippen molar-refractivity contribution in [3.8, 4) is 0 Å². The zero-order valence-electron chi connectivity index (χ0n) is 9.30. The number of aliphatic hydroxyl groups excluding tert-OH is 1. The molecule has 0 radical (unpaired) electrons. The monoisotopic (exact) mass is 227 g/mol. The van der Waals surface area contributed by atoms with Crippen molar-refractivity contribution in [2.24, 2.45) is 9.98 Å². The van der Waals surface area contributed by atoms with Crippen LogP contribution in [0.5, 0.6) is 0 Å². The van der Waals surface area contributed by atoms with Gasteiger partial charge in [-0.2, -0.15) is 9.98 Å². The molecule has 0 bridgehead atoms. The molecular weight excluding hydrogens is 214 g/mol. The standard InChI is InChI=1S/C9H13N3O4/c1-5(13)4-9(12(15)16)10-6(2)8(11-9)7(3)14/h5,13H,4H2,1-3H3. The van der Waals surface area contributed by atoms with Crippen molar-refractivity contribution >= 4 is 17.2 Å². The van der Waals surface area contributed by atoms with Gasteiger partial charge in [-0.1, -0.05) is 0 Å². The third-order valence-electron chi connectivity index (χ3n) is 2.18. The predicted molar refractivity (Wildman–Crippen MR) is 57.2 cm³/mol. The number of hydrogen-bond donors (Lipinski definition) is 1. The van der Waals surface area contributed by atoms with Crippen LogP contribution < -0.4 is 0 Å². The third kappa shape index (κ3) is 2.13. The van der Waals surface area contributed by atoms with E-state index in [2.05, 4.69) is 9.98 Å². The van der Waals surface area contributed by atoms with Crippen LogP contribution in [-0.2, 0) is 4.79 Å². The van der Waals surface area contributed by atoms with Crippen LogP contribution in [0.2, 0.25) is 0 Å². The van der Waals surface area contributed by atoms with Crippen molar-refractivity contribution in [3.05, 3.63) is 10.1 Å². The number of aliphatic hydroxyl groups is 1. The van der Waals surface area contributed by atoms with E-state index < -0.39 is 16.8 Å². The second kappa shape index (κ2) is 4.09. The van der Waals surface area contributed by atoms with Crippen LogP contribution >= 0.6 is 0 Å². The zero-order chi connectivity index (χ0) is 12.5. The Balaban J connectivity index is 3.18. The molecule has 1 N–H and O–H groups in total. The highest BCUT2D eigenvalue weighted by Crippen LogP contribution is 2.26. The predicted octanol–water partition coefficient (Wildman–Crippen LogP) is 0.192. The molecule has 1 heterocycles. The molecule has 7 heteroatoms. The van der Waals surface area contributed by atoms with E-state index in [-0.39, 0.29) is 23.6 Å². The fourth-order valence-electron chi connectivity index (χ4n) is 1.58. The summed E-state index contributed by atoms with van der Waals surface area (Å²) in [5, 5.41) is 20.2. The maximum absolute atomic E-state index is 11.2. The van der Waals surface area contributed by atoms with E-state index in [1.165, 1.54) is 20.8 Å². The van der Waals surface area contributed by atoms with E-state index in [0.717, 1.165) is 0 Å². The highest BCUT2D eigenvalue weighted by Gasteiger charge is 2.48. The number of rotatable bonds is 4. The van der Waals surface area contributed by atoms with Crippen molar-refractivity contribution in [1.29, 1.82) is 0 Å². The highest BCUT2D eigenvalue weighted by atomic mass is 16.6. The Morgan fingerprint density at radius 1 is 1.62 bits per heavy atom. The molecule has 0 amide bonds. The summed E-state index contributed by atoms with van der Waals surface area (Å²) in [7, 11) is 0. The molecule has 1 rings (SSSR count). The largest absolute Gasteiger partial charge is 0.415 e. The summed E-state index contributed by atoms with van der Waals surface area (Å²) in [5.74, 6) is -2.30. The molecule has 0 aromatic heterocycles. The van der Waals surface area contributed by atoms with Gasteiger partial charge in [0.15, 0.2) is 5.78 Å². The van der Waals surface area contributed by atoms with Gasteiger partial charge in [-0.25, -0.2) is 0 Å². The third-order valence-corrected chi connectivity index (χ3v) is 2.18. The lowest BCUT2D eigenvalue weighted by Crippen LogP contribution is -2.36. The second-order valence-corrected chi connectivity index (χ2v) is 3.80. The quantitative estimate of drug-likeness (QED) is 0.546. The summed E-state index contributed by atoms with van der Waals surface area (Å²) >= 11 is 0. The molecule has 2 atom stereocenters. The van der Waals surface area contributed by atoms with Crippen LogP contribution in [0.25, 0.3) is 0 Å². The number of Topliss-reactive ketones (excluding diaryl/α,β-unsaturated/α-hetero) is 1. The van der Waals surface area contributed by atoms with Crippen LogP contribution in [0.1, 0.15) is 27.2 Å². The van der Waals surface area contributed by atoms with E-state index in [0.29, 0.717) is 0 Å². The average molecular weight is 227 g/mol. The molecule has 7 nitrogen and oxygen atoms in total. The van der Waals surface area contributed by atoms with Crippen molar-refractivity contribution in [1.82, 2.24) is 0 Å². The summed E-state index contributed by atoms with van der Waals surface area (Å²) in [6.45, 7) is 4.18. The Hall–Kier alpha value is -1.63. The van der Waals surface area contributed by atoms with E-state index in [1.807, 2.05) is 0 Å². The average Bonchev–Trinajstić information content (AvgIpc) is 2.42. The van der Waals surface area contributed by atoms with Gasteiger partial charge in [0.25, 0.3) is 0 Å². The normalized spacial score (nSPS) is 26.0. The Morgan fingerprint density at radius 2 is 2.19 bits per heavy atom. The van der Waals surface area contributed by atoms with Gasteiger partial charge in [-0.15, -0.1) is 0 Å². The van der Waals surface area contributed by atoms with Gasteiger partial charge in [0, 0.05) is 6.92 Å². The number of ketones is 1. The number of nitrogens with zero attached hydrogens (tertiary/aromatic N) is 3. The molecule has 0 aromatic carbocycles. The Labute approximate surface area is 92.1 Å². The Kier molecular flexibility index (Phi) is 3.18. The molecule has 0 saturated heterocycles. The first-order valence-electron chi connectivity index (χ1n) is 4.78. The molecule has 0 aliphatic carbocycles. The number of carbonyl (C=O) groups is 1. The topological polar surface area (TPSA) is 105 Å². The van der Waals surface area contributed by atoms with E-state index in [4.69, 9.17) is 0 Å². The second-order valence-electron chi connectivity index (χ2n) is 3.80. The fourth-order valence-corrected chi connectivity index (χ4v) is 1.58. The summed E-state index contributed by atoms with van der Waals surface area (Å²) in [4.78, 5) is 29.0. The van der Waals surface area contributed by atoms with Crippen molar-refractivity contribution in [2.75, 3.05) is 0 Å².